The van der Waals surface area contributed by atoms with Gasteiger partial charge < -0.3 is 19.8 Å². The van der Waals surface area contributed by atoms with Crippen molar-refractivity contribution in [1.82, 2.24) is 14.7 Å². The van der Waals surface area contributed by atoms with Gasteiger partial charge in [-0.1, -0.05) is 6.07 Å². The molecular weight excluding hydrogens is 449 g/mol. The van der Waals surface area contributed by atoms with Gasteiger partial charge in [0, 0.05) is 18.0 Å². The second kappa shape index (κ2) is 9.65. The Balaban J connectivity index is 1.29. The third kappa shape index (κ3) is 5.01. The average molecular weight is 468 g/mol. The van der Waals surface area contributed by atoms with Gasteiger partial charge in [-0.2, -0.15) is 0 Å². The van der Waals surface area contributed by atoms with Crippen LogP contribution in [0.5, 0.6) is 5.75 Å². The SMILES string of the molecule is Cc1cccn2cc(COc3ccc(C(=O)NCC(=O)Nc4ccc(F)c(F)c4F)cc3)nc12. The second-order valence-electron chi connectivity index (χ2n) is 7.42. The highest BCUT2D eigenvalue weighted by Gasteiger charge is 2.16. The summed E-state index contributed by atoms with van der Waals surface area (Å²) in [5.74, 6) is -5.42. The van der Waals surface area contributed by atoms with E-state index in [9.17, 15) is 22.8 Å². The van der Waals surface area contributed by atoms with Gasteiger partial charge in [0.05, 0.1) is 17.9 Å². The lowest BCUT2D eigenvalue weighted by molar-refractivity contribution is -0.115. The number of rotatable bonds is 7. The monoisotopic (exact) mass is 468 g/mol. The number of hydrogen-bond donors (Lipinski definition) is 2. The molecule has 0 bridgehead atoms. The van der Waals surface area contributed by atoms with Gasteiger partial charge >= 0.3 is 0 Å². The first kappa shape index (κ1) is 22.8. The summed E-state index contributed by atoms with van der Waals surface area (Å²) in [6.45, 7) is 1.72. The smallest absolute Gasteiger partial charge is 0.251 e. The highest BCUT2D eigenvalue weighted by molar-refractivity contribution is 5.99. The number of fused-ring (bicyclic) bond motifs is 1. The first-order valence-electron chi connectivity index (χ1n) is 10.2. The predicted octanol–water partition coefficient (Wildman–Crippen LogP) is 4.01. The highest BCUT2D eigenvalue weighted by atomic mass is 19.2. The Bertz CT molecular complexity index is 1370. The van der Waals surface area contributed by atoms with E-state index in [-0.39, 0.29) is 12.2 Å². The van der Waals surface area contributed by atoms with Gasteiger partial charge in [-0.15, -0.1) is 0 Å². The number of anilines is 1. The number of nitrogens with one attached hydrogen (secondary N) is 2. The fourth-order valence-corrected chi connectivity index (χ4v) is 3.21. The summed E-state index contributed by atoms with van der Waals surface area (Å²) in [6.07, 6.45) is 3.78. The van der Waals surface area contributed by atoms with Crippen LogP contribution < -0.4 is 15.4 Å². The van der Waals surface area contributed by atoms with E-state index in [2.05, 4.69) is 15.6 Å². The Morgan fingerprint density at radius 1 is 1.03 bits per heavy atom. The lowest BCUT2D eigenvalue weighted by atomic mass is 10.2. The molecule has 4 rings (SSSR count). The van der Waals surface area contributed by atoms with Crippen molar-refractivity contribution < 1.29 is 27.5 Å². The van der Waals surface area contributed by atoms with E-state index in [0.717, 1.165) is 23.0 Å². The molecule has 0 unspecified atom stereocenters. The maximum atomic E-state index is 13.6. The van der Waals surface area contributed by atoms with Crippen LogP contribution in [0.2, 0.25) is 0 Å². The molecule has 0 aliphatic carbocycles. The van der Waals surface area contributed by atoms with Gasteiger partial charge in [-0.25, -0.2) is 18.2 Å². The summed E-state index contributed by atoms with van der Waals surface area (Å²) in [7, 11) is 0. The highest BCUT2D eigenvalue weighted by Crippen LogP contribution is 2.19. The Morgan fingerprint density at radius 2 is 1.79 bits per heavy atom. The van der Waals surface area contributed by atoms with Crippen molar-refractivity contribution in [2.45, 2.75) is 13.5 Å². The zero-order valence-corrected chi connectivity index (χ0v) is 17.9. The van der Waals surface area contributed by atoms with Crippen LogP contribution in [0, 0.1) is 24.4 Å². The number of aryl methyl sites for hydroxylation is 1. The van der Waals surface area contributed by atoms with Crippen LogP contribution in [-0.2, 0) is 11.4 Å². The standard InChI is InChI=1S/C24H19F3N4O3/c1-14-3-2-10-31-12-16(29-23(14)31)13-34-17-6-4-15(5-7-17)24(33)28-11-20(32)30-19-9-8-18(25)21(26)22(19)27/h2-10,12H,11,13H2,1H3,(H,28,33)(H,30,32). The molecule has 0 atom stereocenters. The Kier molecular flexibility index (Phi) is 6.48. The molecule has 174 valence electrons. The predicted molar refractivity (Wildman–Crippen MR) is 118 cm³/mol. The number of aromatic nitrogens is 2. The molecule has 2 N–H and O–H groups in total. The summed E-state index contributed by atoms with van der Waals surface area (Å²) in [4.78, 5) is 28.7. The largest absolute Gasteiger partial charge is 0.487 e. The zero-order valence-electron chi connectivity index (χ0n) is 17.9. The number of halogens is 3. The van der Waals surface area contributed by atoms with Crippen LogP contribution in [-0.4, -0.2) is 27.7 Å². The van der Waals surface area contributed by atoms with Crippen molar-refractivity contribution in [3.63, 3.8) is 0 Å². The molecule has 10 heteroatoms. The van der Waals surface area contributed by atoms with Crippen LogP contribution in [0.25, 0.3) is 5.65 Å². The van der Waals surface area contributed by atoms with E-state index in [1.807, 2.05) is 35.9 Å². The van der Waals surface area contributed by atoms with E-state index in [1.54, 1.807) is 12.1 Å². The van der Waals surface area contributed by atoms with E-state index >= 15 is 0 Å². The van der Waals surface area contributed by atoms with E-state index < -0.39 is 41.5 Å². The maximum Gasteiger partial charge on any atom is 0.251 e. The molecule has 2 aromatic carbocycles. The Labute approximate surface area is 192 Å². The molecule has 4 aromatic rings. The number of benzene rings is 2. The van der Waals surface area contributed by atoms with Gasteiger partial charge in [0.15, 0.2) is 17.5 Å². The number of amides is 2. The minimum absolute atomic E-state index is 0.243. The van der Waals surface area contributed by atoms with Crippen molar-refractivity contribution in [2.75, 3.05) is 11.9 Å². The van der Waals surface area contributed by atoms with Crippen molar-refractivity contribution in [2.24, 2.45) is 0 Å². The van der Waals surface area contributed by atoms with Crippen molar-refractivity contribution in [1.29, 1.82) is 0 Å². The first-order chi connectivity index (χ1) is 16.3. The number of pyridine rings is 1. The molecule has 2 amide bonds. The average Bonchev–Trinajstić information content (AvgIpc) is 3.26. The van der Waals surface area contributed by atoms with Crippen LogP contribution >= 0.6 is 0 Å². The van der Waals surface area contributed by atoms with E-state index in [4.69, 9.17) is 4.74 Å². The maximum absolute atomic E-state index is 13.6. The van der Waals surface area contributed by atoms with Gasteiger partial charge in [-0.3, -0.25) is 9.59 Å². The number of nitrogens with zero attached hydrogens (tertiary/aromatic N) is 2. The molecule has 0 spiro atoms. The zero-order chi connectivity index (χ0) is 24.2. The van der Waals surface area contributed by atoms with Gasteiger partial charge in [0.2, 0.25) is 5.91 Å². The number of imidazole rings is 1. The van der Waals surface area contributed by atoms with Gasteiger partial charge in [0.1, 0.15) is 18.0 Å². The van der Waals surface area contributed by atoms with Gasteiger partial charge in [-0.05, 0) is 55.0 Å². The fraction of sp³-hybridized carbons (Fsp3) is 0.125. The summed E-state index contributed by atoms with van der Waals surface area (Å²) >= 11 is 0. The Morgan fingerprint density at radius 3 is 2.53 bits per heavy atom. The molecule has 0 saturated heterocycles. The molecule has 0 saturated carbocycles. The van der Waals surface area contributed by atoms with Crippen molar-refractivity contribution in [3.05, 3.63) is 95.2 Å². The number of hydrogen-bond acceptors (Lipinski definition) is 4. The molecule has 2 heterocycles. The summed E-state index contributed by atoms with van der Waals surface area (Å²) in [5.41, 5.74) is 2.39. The van der Waals surface area contributed by atoms with Crippen LogP contribution in [0.3, 0.4) is 0 Å². The Hall–Kier alpha value is -4.34. The topological polar surface area (TPSA) is 84.7 Å². The van der Waals surface area contributed by atoms with E-state index in [0.29, 0.717) is 11.8 Å². The molecule has 34 heavy (non-hydrogen) atoms. The number of carbonyl (C=O) groups is 2. The second-order valence-corrected chi connectivity index (χ2v) is 7.42. The number of carbonyl (C=O) groups excluding carboxylic acids is 2. The molecule has 2 aromatic heterocycles. The molecule has 0 aliphatic heterocycles. The van der Waals surface area contributed by atoms with Crippen molar-refractivity contribution >= 4 is 23.1 Å². The lowest BCUT2D eigenvalue weighted by Crippen LogP contribution is -2.33. The summed E-state index contributed by atoms with van der Waals surface area (Å²) < 4.78 is 47.5. The lowest BCUT2D eigenvalue weighted by Gasteiger charge is -2.09. The molecule has 0 fully saturated rings. The van der Waals surface area contributed by atoms with Crippen molar-refractivity contribution in [3.8, 4) is 5.75 Å². The van der Waals surface area contributed by atoms with Crippen LogP contribution in [0.1, 0.15) is 21.6 Å². The van der Waals surface area contributed by atoms with Crippen LogP contribution in [0.15, 0.2) is 60.9 Å². The van der Waals surface area contributed by atoms with Gasteiger partial charge in [0.25, 0.3) is 5.91 Å². The molecule has 0 radical (unpaired) electrons. The minimum Gasteiger partial charge on any atom is -0.487 e. The normalized spacial score (nSPS) is 10.8. The quantitative estimate of drug-likeness (QED) is 0.402. The molecule has 0 aliphatic rings. The summed E-state index contributed by atoms with van der Waals surface area (Å²) in [6, 6.07) is 11.7. The minimum atomic E-state index is -1.69. The summed E-state index contributed by atoms with van der Waals surface area (Å²) in [5, 5.41) is 4.44. The molecular formula is C24H19F3N4O3. The van der Waals surface area contributed by atoms with E-state index in [1.165, 1.54) is 12.1 Å². The number of ether oxygens (including phenoxy) is 1. The first-order valence-corrected chi connectivity index (χ1v) is 10.2. The third-order valence-electron chi connectivity index (χ3n) is 4.95. The van der Waals surface area contributed by atoms with Crippen LogP contribution in [0.4, 0.5) is 18.9 Å². The molecule has 7 nitrogen and oxygen atoms in total. The third-order valence-corrected chi connectivity index (χ3v) is 4.95. The fourth-order valence-electron chi connectivity index (χ4n) is 3.21.